The number of hydrogen-bond acceptors (Lipinski definition) is 5. The van der Waals surface area contributed by atoms with E-state index in [9.17, 15) is 13.2 Å². The van der Waals surface area contributed by atoms with Gasteiger partial charge in [-0.3, -0.25) is 4.72 Å². The first-order valence-electron chi connectivity index (χ1n) is 7.87. The third-order valence-corrected chi connectivity index (χ3v) is 3.77. The van der Waals surface area contributed by atoms with E-state index in [0.717, 1.165) is 6.26 Å². The number of benzene rings is 1. The Bertz CT molecular complexity index is 676. The summed E-state index contributed by atoms with van der Waals surface area (Å²) in [7, 11) is -0.447. The van der Waals surface area contributed by atoms with E-state index in [1.165, 1.54) is 13.2 Å². The molecule has 0 unspecified atom stereocenters. The largest absolute Gasteiger partial charge is 0.495 e. The lowest BCUT2D eigenvalue weighted by Gasteiger charge is -2.25. The number of carbonyl (C=O) groups is 1. The SMILES string of the molecule is COCCN(CC(C)C)C(=O)Nc1ccc(OC)c(NS(C)(=O)=O)c1. The molecule has 2 N–H and O–H groups in total. The second kappa shape index (κ2) is 9.47. The van der Waals surface area contributed by atoms with E-state index >= 15 is 0 Å². The Morgan fingerprint density at radius 3 is 2.48 bits per heavy atom. The zero-order valence-electron chi connectivity index (χ0n) is 15.3. The van der Waals surface area contributed by atoms with Crippen LogP contribution in [0.15, 0.2) is 18.2 Å². The van der Waals surface area contributed by atoms with Crippen LogP contribution in [0.3, 0.4) is 0 Å². The summed E-state index contributed by atoms with van der Waals surface area (Å²) < 4.78 is 35.5. The van der Waals surface area contributed by atoms with E-state index in [1.807, 2.05) is 13.8 Å². The average molecular weight is 373 g/mol. The molecule has 142 valence electrons. The van der Waals surface area contributed by atoms with Crippen LogP contribution in [0, 0.1) is 5.92 Å². The first-order chi connectivity index (χ1) is 11.7. The maximum absolute atomic E-state index is 12.5. The van der Waals surface area contributed by atoms with Gasteiger partial charge in [-0.15, -0.1) is 0 Å². The molecule has 0 saturated heterocycles. The number of rotatable bonds is 9. The van der Waals surface area contributed by atoms with Crippen LogP contribution in [0.25, 0.3) is 0 Å². The molecule has 0 aliphatic carbocycles. The zero-order valence-corrected chi connectivity index (χ0v) is 16.1. The normalized spacial score (nSPS) is 11.3. The second-order valence-electron chi connectivity index (χ2n) is 6.05. The zero-order chi connectivity index (χ0) is 19.0. The van der Waals surface area contributed by atoms with E-state index in [-0.39, 0.29) is 11.7 Å². The number of nitrogens with zero attached hydrogens (tertiary/aromatic N) is 1. The van der Waals surface area contributed by atoms with Crippen LogP contribution in [0.2, 0.25) is 0 Å². The summed E-state index contributed by atoms with van der Waals surface area (Å²) in [6.07, 6.45) is 1.05. The van der Waals surface area contributed by atoms with Crippen molar-refractivity contribution in [3.8, 4) is 5.75 Å². The summed E-state index contributed by atoms with van der Waals surface area (Å²) in [5.74, 6) is 0.669. The molecule has 0 radical (unpaired) electrons. The van der Waals surface area contributed by atoms with Crippen LogP contribution in [-0.4, -0.2) is 59.5 Å². The van der Waals surface area contributed by atoms with E-state index in [0.29, 0.717) is 37.1 Å². The van der Waals surface area contributed by atoms with Gasteiger partial charge in [-0.2, -0.15) is 0 Å². The van der Waals surface area contributed by atoms with Gasteiger partial charge in [0.2, 0.25) is 10.0 Å². The Hall–Kier alpha value is -2.00. The fourth-order valence-corrected chi connectivity index (χ4v) is 2.74. The number of carbonyl (C=O) groups excluding carboxylic acids is 1. The minimum absolute atomic E-state index is 0.259. The van der Waals surface area contributed by atoms with Crippen molar-refractivity contribution in [1.29, 1.82) is 0 Å². The maximum Gasteiger partial charge on any atom is 0.321 e. The minimum Gasteiger partial charge on any atom is -0.495 e. The lowest BCUT2D eigenvalue weighted by molar-refractivity contribution is 0.150. The molecule has 0 aliphatic rings. The van der Waals surface area contributed by atoms with E-state index < -0.39 is 10.0 Å². The van der Waals surface area contributed by atoms with Gasteiger partial charge in [0, 0.05) is 25.9 Å². The maximum atomic E-state index is 12.5. The number of sulfonamides is 1. The van der Waals surface area contributed by atoms with Gasteiger partial charge in [0.05, 0.1) is 25.7 Å². The van der Waals surface area contributed by atoms with Gasteiger partial charge in [-0.05, 0) is 24.1 Å². The first-order valence-corrected chi connectivity index (χ1v) is 9.76. The molecule has 2 amide bonds. The molecule has 0 bridgehead atoms. The highest BCUT2D eigenvalue weighted by atomic mass is 32.2. The number of ether oxygens (including phenoxy) is 2. The molecule has 0 saturated carbocycles. The predicted octanol–water partition coefficient (Wildman–Crippen LogP) is 2.20. The van der Waals surface area contributed by atoms with Crippen LogP contribution in [-0.2, 0) is 14.8 Å². The van der Waals surface area contributed by atoms with Crippen molar-refractivity contribution in [1.82, 2.24) is 4.90 Å². The standard InChI is InChI=1S/C16H27N3O5S/c1-12(2)11-19(8-9-23-3)16(20)17-13-6-7-15(24-4)14(10-13)18-25(5,21)22/h6-7,10,12,18H,8-9,11H2,1-5H3,(H,17,20). The molecule has 1 aromatic rings. The third kappa shape index (κ3) is 7.61. The first kappa shape index (κ1) is 21.0. The molecule has 0 spiro atoms. The second-order valence-corrected chi connectivity index (χ2v) is 7.80. The van der Waals surface area contributed by atoms with Crippen LogP contribution in [0.4, 0.5) is 16.2 Å². The Morgan fingerprint density at radius 1 is 1.28 bits per heavy atom. The molecule has 8 nitrogen and oxygen atoms in total. The summed E-state index contributed by atoms with van der Waals surface area (Å²) in [5.41, 5.74) is 0.721. The number of amides is 2. The van der Waals surface area contributed by atoms with Crippen molar-refractivity contribution in [3.63, 3.8) is 0 Å². The monoisotopic (exact) mass is 373 g/mol. The highest BCUT2D eigenvalue weighted by molar-refractivity contribution is 7.92. The highest BCUT2D eigenvalue weighted by Gasteiger charge is 2.16. The summed E-state index contributed by atoms with van der Waals surface area (Å²) in [6, 6.07) is 4.47. The fraction of sp³-hybridized carbons (Fsp3) is 0.562. The van der Waals surface area contributed by atoms with Crippen molar-refractivity contribution >= 4 is 27.4 Å². The smallest absolute Gasteiger partial charge is 0.321 e. The van der Waals surface area contributed by atoms with E-state index in [1.54, 1.807) is 24.1 Å². The number of nitrogens with one attached hydrogen (secondary N) is 2. The molecule has 0 fully saturated rings. The van der Waals surface area contributed by atoms with Gasteiger partial charge >= 0.3 is 6.03 Å². The van der Waals surface area contributed by atoms with Gasteiger partial charge in [0.25, 0.3) is 0 Å². The molecule has 1 rings (SSSR count). The van der Waals surface area contributed by atoms with Gasteiger partial charge in [0.15, 0.2) is 0 Å². The minimum atomic E-state index is -3.47. The Labute approximate surface area is 149 Å². The van der Waals surface area contributed by atoms with Crippen LogP contribution < -0.4 is 14.8 Å². The molecule has 0 aromatic heterocycles. The van der Waals surface area contributed by atoms with Gasteiger partial charge in [-0.25, -0.2) is 13.2 Å². The predicted molar refractivity (Wildman–Crippen MR) is 98.8 cm³/mol. The van der Waals surface area contributed by atoms with Crippen LogP contribution in [0.1, 0.15) is 13.8 Å². The number of hydrogen-bond donors (Lipinski definition) is 2. The third-order valence-electron chi connectivity index (χ3n) is 3.18. The highest BCUT2D eigenvalue weighted by Crippen LogP contribution is 2.28. The fourth-order valence-electron chi connectivity index (χ4n) is 2.19. The molecule has 0 heterocycles. The van der Waals surface area contributed by atoms with Crippen LogP contribution >= 0.6 is 0 Å². The van der Waals surface area contributed by atoms with Gasteiger partial charge < -0.3 is 19.7 Å². The number of methoxy groups -OCH3 is 2. The molecular formula is C16H27N3O5S. The van der Waals surface area contributed by atoms with Gasteiger partial charge in [-0.1, -0.05) is 13.8 Å². The molecule has 1 aromatic carbocycles. The topological polar surface area (TPSA) is 97.0 Å². The summed E-state index contributed by atoms with van der Waals surface area (Å²) in [4.78, 5) is 14.1. The van der Waals surface area contributed by atoms with Crippen molar-refractivity contribution in [3.05, 3.63) is 18.2 Å². The summed E-state index contributed by atoms with van der Waals surface area (Å²) in [6.45, 7) is 5.53. The van der Waals surface area contributed by atoms with Crippen molar-refractivity contribution in [2.24, 2.45) is 5.92 Å². The summed E-state index contributed by atoms with van der Waals surface area (Å²) in [5, 5.41) is 2.77. The Morgan fingerprint density at radius 2 is 1.96 bits per heavy atom. The molecule has 9 heteroatoms. The lowest BCUT2D eigenvalue weighted by Crippen LogP contribution is -2.39. The van der Waals surface area contributed by atoms with E-state index in [4.69, 9.17) is 9.47 Å². The van der Waals surface area contributed by atoms with Crippen molar-refractivity contribution in [2.45, 2.75) is 13.8 Å². The molecule has 0 aliphatic heterocycles. The Kier molecular flexibility index (Phi) is 7.98. The Balaban J connectivity index is 2.95. The number of urea groups is 1. The average Bonchev–Trinajstić information content (AvgIpc) is 2.49. The van der Waals surface area contributed by atoms with E-state index in [2.05, 4.69) is 10.0 Å². The number of anilines is 2. The lowest BCUT2D eigenvalue weighted by atomic mass is 10.2. The van der Waals surface area contributed by atoms with Crippen LogP contribution in [0.5, 0.6) is 5.75 Å². The molecule has 25 heavy (non-hydrogen) atoms. The molecule has 0 atom stereocenters. The summed E-state index contributed by atoms with van der Waals surface area (Å²) >= 11 is 0. The van der Waals surface area contributed by atoms with Gasteiger partial charge in [0.1, 0.15) is 5.75 Å². The quantitative estimate of drug-likeness (QED) is 0.692. The van der Waals surface area contributed by atoms with Crippen molar-refractivity contribution in [2.75, 3.05) is 50.2 Å². The molecular weight excluding hydrogens is 346 g/mol. The van der Waals surface area contributed by atoms with Crippen molar-refractivity contribution < 1.29 is 22.7 Å².